The van der Waals surface area contributed by atoms with Crippen molar-refractivity contribution >= 4 is 17.4 Å². The van der Waals surface area contributed by atoms with E-state index in [9.17, 15) is 0 Å². The van der Waals surface area contributed by atoms with Gasteiger partial charge in [0.05, 0.1) is 11.6 Å². The summed E-state index contributed by atoms with van der Waals surface area (Å²) in [7, 11) is 6.20. The van der Waals surface area contributed by atoms with Crippen molar-refractivity contribution < 1.29 is 0 Å². The van der Waals surface area contributed by atoms with Crippen molar-refractivity contribution in [3.63, 3.8) is 0 Å². The van der Waals surface area contributed by atoms with Crippen LogP contribution in [0.5, 0.6) is 0 Å². The van der Waals surface area contributed by atoms with Crippen molar-refractivity contribution in [2.24, 2.45) is 7.05 Å². The Bertz CT molecular complexity index is 373. The van der Waals surface area contributed by atoms with E-state index in [1.165, 1.54) is 5.82 Å². The summed E-state index contributed by atoms with van der Waals surface area (Å²) in [6.07, 6.45) is 1.15. The van der Waals surface area contributed by atoms with Gasteiger partial charge in [-0.2, -0.15) is 5.10 Å². The molecule has 0 atom stereocenters. The van der Waals surface area contributed by atoms with Gasteiger partial charge < -0.3 is 9.80 Å². The molecule has 0 aliphatic carbocycles. The molecule has 0 saturated heterocycles. The van der Waals surface area contributed by atoms with Gasteiger partial charge in [-0.05, 0) is 40.9 Å². The number of aryl methyl sites for hydroxylation is 2. The third-order valence-corrected chi connectivity index (χ3v) is 3.43. The SMILES string of the molecule is CCN(CCCN(C)C)c1c(CCl)c(C)nn1C. The zero-order chi connectivity index (χ0) is 13.7. The van der Waals surface area contributed by atoms with Crippen molar-refractivity contribution in [2.45, 2.75) is 26.1 Å². The van der Waals surface area contributed by atoms with Crippen molar-refractivity contribution in [1.82, 2.24) is 14.7 Å². The fraction of sp³-hybridized carbons (Fsp3) is 0.769. The highest BCUT2D eigenvalue weighted by atomic mass is 35.5. The van der Waals surface area contributed by atoms with E-state index in [2.05, 4.69) is 35.9 Å². The second-order valence-corrected chi connectivity index (χ2v) is 5.15. The summed E-state index contributed by atoms with van der Waals surface area (Å²) in [6, 6.07) is 0. The van der Waals surface area contributed by atoms with E-state index in [4.69, 9.17) is 11.6 Å². The van der Waals surface area contributed by atoms with Crippen molar-refractivity contribution in [2.75, 3.05) is 38.6 Å². The topological polar surface area (TPSA) is 24.3 Å². The van der Waals surface area contributed by atoms with Crippen LogP contribution < -0.4 is 4.90 Å². The molecule has 5 heteroatoms. The van der Waals surface area contributed by atoms with Crippen LogP contribution in [-0.4, -0.2) is 48.4 Å². The lowest BCUT2D eigenvalue weighted by atomic mass is 10.2. The molecule has 0 unspecified atom stereocenters. The molecule has 0 saturated carbocycles. The third-order valence-electron chi connectivity index (χ3n) is 3.16. The average Bonchev–Trinajstić information content (AvgIpc) is 2.59. The molecular formula is C13H25ClN4. The van der Waals surface area contributed by atoms with Gasteiger partial charge in [0.1, 0.15) is 5.82 Å². The number of halogens is 1. The minimum atomic E-state index is 0.527. The molecule has 1 heterocycles. The first-order valence-electron chi connectivity index (χ1n) is 6.49. The van der Waals surface area contributed by atoms with Crippen LogP contribution in [0.2, 0.25) is 0 Å². The van der Waals surface area contributed by atoms with E-state index < -0.39 is 0 Å². The van der Waals surface area contributed by atoms with Crippen LogP contribution in [0.15, 0.2) is 0 Å². The van der Waals surface area contributed by atoms with Gasteiger partial charge in [-0.15, -0.1) is 11.6 Å². The molecule has 104 valence electrons. The summed E-state index contributed by atoms with van der Waals surface area (Å²) < 4.78 is 1.95. The van der Waals surface area contributed by atoms with Crippen molar-refractivity contribution in [1.29, 1.82) is 0 Å². The molecule has 1 aromatic rings. The predicted octanol–water partition coefficient (Wildman–Crippen LogP) is 2.25. The van der Waals surface area contributed by atoms with Crippen molar-refractivity contribution in [3.05, 3.63) is 11.3 Å². The minimum Gasteiger partial charge on any atom is -0.357 e. The summed E-state index contributed by atoms with van der Waals surface area (Å²) in [5.74, 6) is 1.70. The first kappa shape index (κ1) is 15.3. The second kappa shape index (κ2) is 7.00. The van der Waals surface area contributed by atoms with Gasteiger partial charge in [0.2, 0.25) is 0 Å². The van der Waals surface area contributed by atoms with Crippen LogP contribution in [0, 0.1) is 6.92 Å². The number of aromatic nitrogens is 2. The molecule has 0 fully saturated rings. The van der Waals surface area contributed by atoms with Crippen LogP contribution >= 0.6 is 11.6 Å². The molecule has 1 rings (SSSR count). The first-order valence-corrected chi connectivity index (χ1v) is 7.02. The number of anilines is 1. The Kier molecular flexibility index (Phi) is 5.96. The summed E-state index contributed by atoms with van der Waals surface area (Å²) in [6.45, 7) is 7.32. The fourth-order valence-corrected chi connectivity index (χ4v) is 2.55. The van der Waals surface area contributed by atoms with Gasteiger partial charge >= 0.3 is 0 Å². The Hall–Kier alpha value is -0.740. The Morgan fingerprint density at radius 3 is 2.44 bits per heavy atom. The van der Waals surface area contributed by atoms with Crippen LogP contribution in [0.25, 0.3) is 0 Å². The standard InChI is InChI=1S/C13H25ClN4/c1-6-18(9-7-8-16(3)4)13-12(10-14)11(2)15-17(13)5/h6-10H2,1-5H3. The van der Waals surface area contributed by atoms with Gasteiger partial charge in [0.15, 0.2) is 0 Å². The summed E-state index contributed by atoms with van der Waals surface area (Å²) >= 11 is 6.05. The maximum absolute atomic E-state index is 6.05. The van der Waals surface area contributed by atoms with Gasteiger partial charge in [0, 0.05) is 25.7 Å². The number of alkyl halides is 1. The van der Waals surface area contributed by atoms with Crippen LogP contribution in [0.4, 0.5) is 5.82 Å². The van der Waals surface area contributed by atoms with E-state index in [1.54, 1.807) is 0 Å². The molecule has 0 spiro atoms. The quantitative estimate of drug-likeness (QED) is 0.712. The zero-order valence-electron chi connectivity index (χ0n) is 12.2. The highest BCUT2D eigenvalue weighted by Crippen LogP contribution is 2.24. The lowest BCUT2D eigenvalue weighted by Gasteiger charge is -2.25. The molecule has 0 aromatic carbocycles. The normalized spacial score (nSPS) is 11.3. The Balaban J connectivity index is 2.81. The Morgan fingerprint density at radius 2 is 1.94 bits per heavy atom. The smallest absolute Gasteiger partial charge is 0.131 e. The highest BCUT2D eigenvalue weighted by molar-refractivity contribution is 6.17. The fourth-order valence-electron chi connectivity index (χ4n) is 2.23. The third kappa shape index (κ3) is 3.62. The highest BCUT2D eigenvalue weighted by Gasteiger charge is 2.17. The van der Waals surface area contributed by atoms with Crippen LogP contribution in [0.3, 0.4) is 0 Å². The van der Waals surface area contributed by atoms with Crippen LogP contribution in [-0.2, 0) is 12.9 Å². The van der Waals surface area contributed by atoms with Crippen LogP contribution in [0.1, 0.15) is 24.6 Å². The van der Waals surface area contributed by atoms with E-state index in [-0.39, 0.29) is 0 Å². The van der Waals surface area contributed by atoms with Gasteiger partial charge in [-0.25, -0.2) is 0 Å². The van der Waals surface area contributed by atoms with Gasteiger partial charge in [-0.1, -0.05) is 0 Å². The van der Waals surface area contributed by atoms with Gasteiger partial charge in [0.25, 0.3) is 0 Å². The minimum absolute atomic E-state index is 0.527. The summed E-state index contributed by atoms with van der Waals surface area (Å²) in [5, 5.41) is 4.47. The second-order valence-electron chi connectivity index (χ2n) is 4.88. The van der Waals surface area contributed by atoms with Crippen molar-refractivity contribution in [3.8, 4) is 0 Å². The molecule has 1 aromatic heterocycles. The molecule has 0 radical (unpaired) electrons. The number of hydrogen-bond donors (Lipinski definition) is 0. The maximum atomic E-state index is 6.05. The van der Waals surface area contributed by atoms with E-state index in [0.717, 1.165) is 37.3 Å². The van der Waals surface area contributed by atoms with E-state index in [1.807, 2.05) is 18.7 Å². The zero-order valence-corrected chi connectivity index (χ0v) is 13.0. The lowest BCUT2D eigenvalue weighted by Crippen LogP contribution is -2.29. The monoisotopic (exact) mass is 272 g/mol. The molecule has 0 bridgehead atoms. The van der Waals surface area contributed by atoms with E-state index >= 15 is 0 Å². The van der Waals surface area contributed by atoms with E-state index in [0.29, 0.717) is 5.88 Å². The molecule has 0 aliphatic heterocycles. The molecule has 4 nitrogen and oxygen atoms in total. The first-order chi connectivity index (χ1) is 8.51. The Labute approximate surface area is 116 Å². The molecule has 18 heavy (non-hydrogen) atoms. The predicted molar refractivity (Wildman–Crippen MR) is 78.6 cm³/mol. The number of rotatable bonds is 7. The maximum Gasteiger partial charge on any atom is 0.131 e. The van der Waals surface area contributed by atoms with Gasteiger partial charge in [-0.3, -0.25) is 4.68 Å². The average molecular weight is 273 g/mol. The summed E-state index contributed by atoms with van der Waals surface area (Å²) in [5.41, 5.74) is 2.19. The lowest BCUT2D eigenvalue weighted by molar-refractivity contribution is 0.400. The molecule has 0 N–H and O–H groups in total. The Morgan fingerprint density at radius 1 is 1.28 bits per heavy atom. The number of hydrogen-bond acceptors (Lipinski definition) is 3. The summed E-state index contributed by atoms with van der Waals surface area (Å²) in [4.78, 5) is 4.58. The molecule has 0 aliphatic rings. The largest absolute Gasteiger partial charge is 0.357 e. The molecular weight excluding hydrogens is 248 g/mol. The number of nitrogens with zero attached hydrogens (tertiary/aromatic N) is 4. The molecule has 0 amide bonds.